The predicted octanol–water partition coefficient (Wildman–Crippen LogP) is 2.62. The number of likely N-dealkylation sites (tertiary alicyclic amines) is 1. The topological polar surface area (TPSA) is 65.8 Å². The monoisotopic (exact) mass is 414 g/mol. The second-order valence-electron chi connectivity index (χ2n) is 7.45. The maximum atomic E-state index is 13.4. The third kappa shape index (κ3) is 5.90. The summed E-state index contributed by atoms with van der Waals surface area (Å²) in [4.78, 5) is 28.9. The molecule has 0 radical (unpaired) electrons. The molecule has 1 aromatic carbocycles. The number of hydrogen-bond acceptors (Lipinski definition) is 3. The molecule has 2 atom stereocenters. The molecule has 2 rings (SSSR count). The third-order valence-electron chi connectivity index (χ3n) is 4.58. The van der Waals surface area contributed by atoms with E-state index in [9.17, 15) is 27.2 Å². The van der Waals surface area contributed by atoms with Crippen molar-refractivity contribution in [2.24, 2.45) is 0 Å². The lowest BCUT2D eigenvalue weighted by Gasteiger charge is -2.28. The van der Waals surface area contributed by atoms with Crippen molar-refractivity contribution in [3.05, 3.63) is 46.8 Å². The van der Waals surface area contributed by atoms with Crippen LogP contribution in [0.2, 0.25) is 0 Å². The fourth-order valence-corrected chi connectivity index (χ4v) is 2.96. The summed E-state index contributed by atoms with van der Waals surface area (Å²) in [7, 11) is 0. The fraction of sp³-hybridized carbons (Fsp3) is 0.526. The van der Waals surface area contributed by atoms with Crippen molar-refractivity contribution in [3.63, 3.8) is 0 Å². The second-order valence-corrected chi connectivity index (χ2v) is 7.45. The van der Waals surface area contributed by atoms with E-state index in [2.05, 4.69) is 15.5 Å². The normalized spacial score (nSPS) is 19.7. The number of benzene rings is 1. The molecule has 1 heterocycles. The number of halogens is 4. The molecule has 158 valence electrons. The average molecular weight is 414 g/mol. The van der Waals surface area contributed by atoms with Crippen molar-refractivity contribution in [2.75, 3.05) is 19.6 Å². The summed E-state index contributed by atoms with van der Waals surface area (Å²) in [5, 5.41) is 5.33. The highest BCUT2D eigenvalue weighted by atomic mass is 19.4. The first-order valence-corrected chi connectivity index (χ1v) is 8.94. The first-order chi connectivity index (χ1) is 13.4. The highest BCUT2D eigenvalue weighted by Gasteiger charge is 2.40. The molecular formula is C19H22F4N4O2. The molecule has 2 amide bonds. The van der Waals surface area contributed by atoms with Crippen LogP contribution in [0.25, 0.3) is 4.85 Å². The van der Waals surface area contributed by atoms with Gasteiger partial charge in [-0.15, -0.1) is 0 Å². The van der Waals surface area contributed by atoms with Crippen LogP contribution in [0.15, 0.2) is 24.3 Å². The summed E-state index contributed by atoms with van der Waals surface area (Å²) in [5.74, 6) is -1.33. The molecule has 1 saturated heterocycles. The van der Waals surface area contributed by atoms with E-state index in [1.807, 2.05) is 0 Å². The number of nitrogens with zero attached hydrogens (tertiary/aromatic N) is 2. The van der Waals surface area contributed by atoms with Crippen molar-refractivity contribution in [1.29, 1.82) is 0 Å². The van der Waals surface area contributed by atoms with Crippen LogP contribution in [-0.2, 0) is 11.0 Å². The zero-order chi connectivity index (χ0) is 21.8. The quantitative estimate of drug-likeness (QED) is 0.556. The number of amides is 2. The first-order valence-electron chi connectivity index (χ1n) is 8.94. The Morgan fingerprint density at radius 2 is 1.93 bits per heavy atom. The summed E-state index contributed by atoms with van der Waals surface area (Å²) in [6.07, 6.45) is -6.75. The molecule has 2 N–H and O–H groups in total. The zero-order valence-corrected chi connectivity index (χ0v) is 16.0. The third-order valence-corrected chi connectivity index (χ3v) is 4.58. The highest BCUT2D eigenvalue weighted by molar-refractivity contribution is 5.95. The molecule has 0 aromatic heterocycles. The standard InChI is InChI=1S/C19H22F4N4O2/c1-18(2,26-9-16(28)27-10-12(20)8-15(27)24-3)11-25-17(29)13-6-4-5-7-14(13)19(21,22)23/h4-7,12,15,26H,8-11H2,1-2H3,(H,25,29)/t12-,15-/m0/s1. The van der Waals surface area contributed by atoms with Gasteiger partial charge in [0.15, 0.2) is 0 Å². The van der Waals surface area contributed by atoms with Crippen molar-refractivity contribution in [1.82, 2.24) is 15.5 Å². The number of hydrogen-bond donors (Lipinski definition) is 2. The number of nitrogens with one attached hydrogen (secondary N) is 2. The molecular weight excluding hydrogens is 392 g/mol. The first kappa shape index (κ1) is 22.6. The van der Waals surface area contributed by atoms with E-state index in [4.69, 9.17) is 6.57 Å². The van der Waals surface area contributed by atoms with Crippen LogP contribution < -0.4 is 10.6 Å². The highest BCUT2D eigenvalue weighted by Crippen LogP contribution is 2.31. The van der Waals surface area contributed by atoms with Gasteiger partial charge in [0, 0.05) is 12.1 Å². The number of alkyl halides is 4. The van der Waals surface area contributed by atoms with Gasteiger partial charge in [-0.3, -0.25) is 19.3 Å². The molecule has 1 aromatic rings. The molecule has 0 saturated carbocycles. The molecule has 0 spiro atoms. The van der Waals surface area contributed by atoms with Gasteiger partial charge in [-0.1, -0.05) is 12.1 Å². The lowest BCUT2D eigenvalue weighted by molar-refractivity contribution is -0.138. The van der Waals surface area contributed by atoms with E-state index in [0.717, 1.165) is 12.1 Å². The van der Waals surface area contributed by atoms with Crippen molar-refractivity contribution in [3.8, 4) is 0 Å². The summed E-state index contributed by atoms with van der Waals surface area (Å²) in [6.45, 7) is 9.97. The Hall–Kier alpha value is -2.67. The number of rotatable bonds is 6. The molecule has 1 aliphatic heterocycles. The van der Waals surface area contributed by atoms with E-state index in [0.29, 0.717) is 0 Å². The minimum atomic E-state index is -4.66. The SMILES string of the molecule is [C-]#[N+][C@@H]1C[C@H](F)CN1C(=O)CNC(C)(C)CNC(=O)c1ccccc1C(F)(F)F. The van der Waals surface area contributed by atoms with Gasteiger partial charge in [0.2, 0.25) is 5.91 Å². The Balaban J connectivity index is 1.93. The minimum Gasteiger partial charge on any atom is -0.350 e. The number of carbonyl (C=O) groups excluding carboxylic acids is 2. The molecule has 10 heteroatoms. The van der Waals surface area contributed by atoms with Gasteiger partial charge in [0.1, 0.15) is 6.17 Å². The van der Waals surface area contributed by atoms with Crippen molar-refractivity contribution in [2.45, 2.75) is 44.3 Å². The molecule has 1 aliphatic rings. The van der Waals surface area contributed by atoms with Crippen LogP contribution in [-0.4, -0.2) is 54.2 Å². The van der Waals surface area contributed by atoms with Gasteiger partial charge < -0.3 is 10.6 Å². The Morgan fingerprint density at radius 3 is 2.55 bits per heavy atom. The van der Waals surface area contributed by atoms with Gasteiger partial charge in [0.25, 0.3) is 5.91 Å². The zero-order valence-electron chi connectivity index (χ0n) is 16.0. The van der Waals surface area contributed by atoms with Crippen molar-refractivity contribution < 1.29 is 27.2 Å². The van der Waals surface area contributed by atoms with E-state index in [-0.39, 0.29) is 26.1 Å². The molecule has 29 heavy (non-hydrogen) atoms. The van der Waals surface area contributed by atoms with Crippen LogP contribution in [0.4, 0.5) is 17.6 Å². The van der Waals surface area contributed by atoms with Crippen LogP contribution in [0.3, 0.4) is 0 Å². The second kappa shape index (κ2) is 8.78. The summed E-state index contributed by atoms with van der Waals surface area (Å²) in [5.41, 5.74) is -2.35. The van der Waals surface area contributed by atoms with Crippen LogP contribution in [0.5, 0.6) is 0 Å². The molecule has 0 bridgehead atoms. The average Bonchev–Trinajstić information content (AvgIpc) is 3.04. The van der Waals surface area contributed by atoms with E-state index < -0.39 is 47.0 Å². The molecule has 6 nitrogen and oxygen atoms in total. The molecule has 0 aliphatic carbocycles. The van der Waals surface area contributed by atoms with Gasteiger partial charge in [0.05, 0.1) is 30.6 Å². The van der Waals surface area contributed by atoms with Gasteiger partial charge in [-0.05, 0) is 26.0 Å². The lowest BCUT2D eigenvalue weighted by Crippen LogP contribution is -2.52. The lowest BCUT2D eigenvalue weighted by atomic mass is 10.0. The summed E-state index contributed by atoms with van der Waals surface area (Å²) < 4.78 is 52.6. The van der Waals surface area contributed by atoms with E-state index in [1.165, 1.54) is 17.0 Å². The van der Waals surface area contributed by atoms with Crippen LogP contribution >= 0.6 is 0 Å². The molecule has 0 unspecified atom stereocenters. The van der Waals surface area contributed by atoms with E-state index in [1.54, 1.807) is 13.8 Å². The minimum absolute atomic E-state index is 0.0205. The fourth-order valence-electron chi connectivity index (χ4n) is 2.96. The van der Waals surface area contributed by atoms with Gasteiger partial charge >= 0.3 is 12.3 Å². The van der Waals surface area contributed by atoms with Gasteiger partial charge in [-0.25, -0.2) is 11.0 Å². The summed E-state index contributed by atoms with van der Waals surface area (Å²) >= 11 is 0. The largest absolute Gasteiger partial charge is 0.417 e. The predicted molar refractivity (Wildman–Crippen MR) is 97.5 cm³/mol. The van der Waals surface area contributed by atoms with Crippen LogP contribution in [0.1, 0.15) is 36.2 Å². The van der Waals surface area contributed by atoms with Crippen LogP contribution in [0, 0.1) is 6.57 Å². The number of carbonyl (C=O) groups is 2. The van der Waals surface area contributed by atoms with E-state index >= 15 is 0 Å². The van der Waals surface area contributed by atoms with Crippen molar-refractivity contribution >= 4 is 11.8 Å². The Labute approximate surface area is 166 Å². The Kier molecular flexibility index (Phi) is 6.85. The Morgan fingerprint density at radius 1 is 1.28 bits per heavy atom. The van der Waals surface area contributed by atoms with Gasteiger partial charge in [-0.2, -0.15) is 13.2 Å². The smallest absolute Gasteiger partial charge is 0.350 e. The maximum absolute atomic E-state index is 13.4. The summed E-state index contributed by atoms with van der Waals surface area (Å²) in [6, 6.07) is 4.47. The molecule has 1 fully saturated rings. The maximum Gasteiger partial charge on any atom is 0.417 e. The Bertz CT molecular complexity index is 804.